The molecule has 538 valence electrons. The van der Waals surface area contributed by atoms with Crippen LogP contribution in [0.4, 0.5) is 34.1 Å². The Hall–Kier alpha value is -8.02. The van der Waals surface area contributed by atoms with Crippen LogP contribution in [0.2, 0.25) is 0 Å². The van der Waals surface area contributed by atoms with Gasteiger partial charge in [-0.1, -0.05) is 310 Å². The molecule has 11 aromatic carbocycles. The van der Waals surface area contributed by atoms with Crippen LogP contribution in [0.1, 0.15) is 214 Å². The van der Waals surface area contributed by atoms with E-state index in [2.05, 4.69) is 328 Å². The minimum absolute atomic E-state index is 0.934. The molecule has 0 bridgehead atoms. The fourth-order valence-corrected chi connectivity index (χ4v) is 16.1. The molecule has 0 radical (unpaired) electrons. The Balaban J connectivity index is 0.960. The lowest BCUT2D eigenvalue weighted by Crippen LogP contribution is -2.11. The maximum atomic E-state index is 3.67. The number of hydrogen-bond acceptors (Lipinski definition) is 2. The van der Waals surface area contributed by atoms with Crippen LogP contribution in [0.5, 0.6) is 0 Å². The Kier molecular flexibility index (Phi) is 29.2. The van der Waals surface area contributed by atoms with Crippen molar-refractivity contribution in [3.05, 3.63) is 284 Å². The molecular weight excluding hydrogens is 1390 g/mol. The molecule has 0 heterocycles. The highest BCUT2D eigenvalue weighted by Crippen LogP contribution is 2.45. The summed E-state index contributed by atoms with van der Waals surface area (Å²) in [6.45, 7) is 18.6. The SMILES string of the molecule is CCCCCCCCc1ccc(-c2ccc(N(c3ccc(-c4ccc(Br)cc4)cc3)c3ccc(-c4cc(CCCCCC)c(-c5ccc(N(c6ccc(-c7ccc(Br)cc7)cc6)c6ccc(-c7ccc(CCCCCCCC)cc7)c(CC)c6)cc5C)cc4CCCCCC)c(C)c3)cc2CC)cc1. The quantitative estimate of drug-likeness (QED) is 0.0356. The van der Waals surface area contributed by atoms with Crippen LogP contribution in [-0.2, 0) is 38.5 Å². The van der Waals surface area contributed by atoms with E-state index < -0.39 is 0 Å². The molecule has 4 heteroatoms. The van der Waals surface area contributed by atoms with Crippen molar-refractivity contribution >= 4 is 66.0 Å². The van der Waals surface area contributed by atoms with Crippen LogP contribution < -0.4 is 9.80 Å². The number of unbranched alkanes of at least 4 members (excludes halogenated alkanes) is 16. The molecule has 11 rings (SSSR count). The predicted octanol–water partition coefficient (Wildman–Crippen LogP) is 31.9. The van der Waals surface area contributed by atoms with Crippen LogP contribution in [-0.4, -0.2) is 0 Å². The lowest BCUT2D eigenvalue weighted by Gasteiger charge is -2.28. The molecule has 0 fully saturated rings. The van der Waals surface area contributed by atoms with Crippen LogP contribution in [0.15, 0.2) is 239 Å². The number of aryl methyl sites for hydroxylation is 8. The fourth-order valence-electron chi connectivity index (χ4n) is 15.6. The summed E-state index contributed by atoms with van der Waals surface area (Å²) in [4.78, 5) is 4.98. The van der Waals surface area contributed by atoms with E-state index >= 15 is 0 Å². The van der Waals surface area contributed by atoms with Gasteiger partial charge in [0.05, 0.1) is 0 Å². The van der Waals surface area contributed by atoms with E-state index in [1.165, 1.54) is 238 Å². The number of hydrogen-bond donors (Lipinski definition) is 0. The van der Waals surface area contributed by atoms with E-state index in [1.54, 1.807) is 0 Å². The van der Waals surface area contributed by atoms with Gasteiger partial charge in [-0.25, -0.2) is 0 Å². The van der Waals surface area contributed by atoms with Gasteiger partial charge < -0.3 is 9.80 Å². The second-order valence-corrected chi connectivity index (χ2v) is 31.2. The van der Waals surface area contributed by atoms with E-state index in [9.17, 15) is 0 Å². The van der Waals surface area contributed by atoms with Gasteiger partial charge in [-0.3, -0.25) is 0 Å². The summed E-state index contributed by atoms with van der Waals surface area (Å²) < 4.78 is 2.17. The van der Waals surface area contributed by atoms with Crippen molar-refractivity contribution < 1.29 is 0 Å². The van der Waals surface area contributed by atoms with E-state index in [-0.39, 0.29) is 0 Å². The summed E-state index contributed by atoms with van der Waals surface area (Å²) in [7, 11) is 0. The van der Waals surface area contributed by atoms with E-state index in [0.29, 0.717) is 0 Å². The zero-order valence-electron chi connectivity index (χ0n) is 64.0. The molecule has 0 aliphatic carbocycles. The van der Waals surface area contributed by atoms with Gasteiger partial charge in [0.25, 0.3) is 0 Å². The van der Waals surface area contributed by atoms with Crippen molar-refractivity contribution in [1.82, 2.24) is 0 Å². The van der Waals surface area contributed by atoms with Crippen molar-refractivity contribution in [3.8, 4) is 66.8 Å². The number of anilines is 6. The molecule has 2 nitrogen and oxygen atoms in total. The molecule has 0 amide bonds. The molecule has 0 aliphatic rings. The average Bonchev–Trinajstić information content (AvgIpc) is 0.743. The monoisotopic (exact) mass is 1500 g/mol. The molecule has 0 saturated heterocycles. The smallest absolute Gasteiger partial charge is 0.0464 e. The molecule has 0 aromatic heterocycles. The highest BCUT2D eigenvalue weighted by atomic mass is 79.9. The molecule has 0 N–H and O–H groups in total. The summed E-state index contributed by atoms with van der Waals surface area (Å²) >= 11 is 7.33. The standard InChI is InChI=1S/C100H114Br2N2/c1-9-15-19-23-25-27-31-75-35-39-83(40-36-75)97-65-61-93(69-77(97)13-5)103(89-55-47-81(48-56-89)79-43-51-87(101)52-44-79)91-59-63-95(73(7)67-91)99-71-86(34-30-22-18-12-4)100(72-85(99)33-29-21-17-11-3)96-64-60-92(68-74(96)8)104(90-57-49-82(50-58-90)80-45-53-88(102)54-46-80)94-62-66-98(78(14-6)70-94)84-41-37-76(38-42-84)32-28-26-24-20-16-10-2/h35-72H,9-34H2,1-8H3. The Bertz CT molecular complexity index is 4180. The van der Waals surface area contributed by atoms with Crippen LogP contribution >= 0.6 is 31.9 Å². The normalized spacial score (nSPS) is 11.4. The highest BCUT2D eigenvalue weighted by molar-refractivity contribution is 9.10. The van der Waals surface area contributed by atoms with E-state index in [4.69, 9.17) is 0 Å². The van der Waals surface area contributed by atoms with Gasteiger partial charge in [-0.15, -0.1) is 0 Å². The molecule has 0 atom stereocenters. The third kappa shape index (κ3) is 20.3. The number of benzene rings is 11. The first-order valence-corrected chi connectivity index (χ1v) is 41.7. The largest absolute Gasteiger partial charge is 0.310 e. The van der Waals surface area contributed by atoms with Crippen LogP contribution in [0.25, 0.3) is 66.8 Å². The zero-order valence-corrected chi connectivity index (χ0v) is 67.1. The average molecular weight is 1500 g/mol. The summed E-state index contributed by atoms with van der Waals surface area (Å²) in [5.74, 6) is 0. The minimum atomic E-state index is 0.934. The number of halogens is 2. The van der Waals surface area contributed by atoms with Gasteiger partial charge in [0.15, 0.2) is 0 Å². The van der Waals surface area contributed by atoms with Crippen molar-refractivity contribution in [1.29, 1.82) is 0 Å². The van der Waals surface area contributed by atoms with Crippen molar-refractivity contribution in [2.75, 3.05) is 9.80 Å². The second-order valence-electron chi connectivity index (χ2n) is 29.4. The van der Waals surface area contributed by atoms with E-state index in [0.717, 1.165) is 83.1 Å². The summed E-state index contributed by atoms with van der Waals surface area (Å²) in [6.07, 6.45) is 31.8. The number of rotatable bonds is 38. The Morgan fingerprint density at radius 3 is 0.817 bits per heavy atom. The maximum Gasteiger partial charge on any atom is 0.0464 e. The Morgan fingerprint density at radius 2 is 0.490 bits per heavy atom. The first-order chi connectivity index (χ1) is 51.0. The summed E-state index contributed by atoms with van der Waals surface area (Å²) in [6, 6.07) is 88.9. The molecular formula is C100H114Br2N2. The maximum absolute atomic E-state index is 3.67. The lowest BCUT2D eigenvalue weighted by atomic mass is 9.84. The van der Waals surface area contributed by atoms with Gasteiger partial charge in [-0.05, 0) is 286 Å². The van der Waals surface area contributed by atoms with Gasteiger partial charge in [0.2, 0.25) is 0 Å². The Morgan fingerprint density at radius 1 is 0.221 bits per heavy atom. The van der Waals surface area contributed by atoms with Gasteiger partial charge in [0.1, 0.15) is 0 Å². The second kappa shape index (κ2) is 39.4. The van der Waals surface area contributed by atoms with Crippen molar-refractivity contribution in [2.45, 2.75) is 222 Å². The van der Waals surface area contributed by atoms with Crippen LogP contribution in [0.3, 0.4) is 0 Å². The Labute approximate surface area is 644 Å². The molecule has 11 aromatic rings. The molecule has 0 spiro atoms. The molecule has 0 unspecified atom stereocenters. The molecule has 0 saturated carbocycles. The van der Waals surface area contributed by atoms with Crippen LogP contribution in [0, 0.1) is 13.8 Å². The zero-order chi connectivity index (χ0) is 72.6. The van der Waals surface area contributed by atoms with E-state index in [1.807, 2.05) is 0 Å². The summed E-state index contributed by atoms with van der Waals surface area (Å²) in [5.41, 5.74) is 33.4. The number of nitrogens with zero attached hydrogens (tertiary/aromatic N) is 2. The predicted molar refractivity (Wildman–Crippen MR) is 462 cm³/mol. The van der Waals surface area contributed by atoms with Gasteiger partial charge in [-0.2, -0.15) is 0 Å². The first kappa shape index (κ1) is 77.1. The summed E-state index contributed by atoms with van der Waals surface area (Å²) in [5, 5.41) is 0. The van der Waals surface area contributed by atoms with Gasteiger partial charge >= 0.3 is 0 Å². The van der Waals surface area contributed by atoms with Crippen molar-refractivity contribution in [3.63, 3.8) is 0 Å². The third-order valence-electron chi connectivity index (χ3n) is 21.7. The minimum Gasteiger partial charge on any atom is -0.310 e. The molecule has 0 aliphatic heterocycles. The third-order valence-corrected chi connectivity index (χ3v) is 22.7. The first-order valence-electron chi connectivity index (χ1n) is 40.1. The molecule has 104 heavy (non-hydrogen) atoms. The topological polar surface area (TPSA) is 6.48 Å². The lowest BCUT2D eigenvalue weighted by molar-refractivity contribution is 0.607. The van der Waals surface area contributed by atoms with Crippen molar-refractivity contribution in [2.24, 2.45) is 0 Å². The highest BCUT2D eigenvalue weighted by Gasteiger charge is 2.23. The van der Waals surface area contributed by atoms with Gasteiger partial charge in [0, 0.05) is 43.1 Å². The fraction of sp³-hybridized carbons (Fsp3) is 0.340.